The molecule has 0 radical (unpaired) electrons. The molecule has 3 nitrogen and oxygen atoms in total. The van der Waals surface area contributed by atoms with Crippen molar-refractivity contribution in [3.63, 3.8) is 0 Å². The van der Waals surface area contributed by atoms with Crippen molar-refractivity contribution in [2.24, 2.45) is 0 Å². The minimum Gasteiger partial charge on any atom is -0.480 e. The standard InChI is InChI=1S/C18H30N2O/c1-21-18-17(14-11-15-19-18)20-16-12-9-7-5-3-2-4-6-8-10-13-16/h11,14-16,20H,2-10,12-13H2,1H3. The predicted molar refractivity (Wildman–Crippen MR) is 89.0 cm³/mol. The number of nitrogens with one attached hydrogen (secondary N) is 1. The highest BCUT2D eigenvalue weighted by Crippen LogP contribution is 2.24. The molecular weight excluding hydrogens is 260 g/mol. The van der Waals surface area contributed by atoms with Gasteiger partial charge in [0.1, 0.15) is 0 Å². The lowest BCUT2D eigenvalue weighted by atomic mass is 9.98. The highest BCUT2D eigenvalue weighted by atomic mass is 16.5. The maximum atomic E-state index is 5.35. The number of rotatable bonds is 3. The van der Waals surface area contributed by atoms with Crippen LogP contribution in [0.3, 0.4) is 0 Å². The van der Waals surface area contributed by atoms with Crippen molar-refractivity contribution in [3.8, 4) is 5.88 Å². The molecule has 0 atom stereocenters. The second kappa shape index (κ2) is 9.64. The van der Waals surface area contributed by atoms with E-state index in [0.29, 0.717) is 11.9 Å². The molecule has 1 aromatic heterocycles. The second-order valence-electron chi connectivity index (χ2n) is 6.16. The number of hydrogen-bond acceptors (Lipinski definition) is 3. The molecular formula is C18H30N2O. The molecule has 1 aliphatic rings. The molecule has 1 N–H and O–H groups in total. The number of anilines is 1. The third-order valence-corrected chi connectivity index (χ3v) is 4.43. The van der Waals surface area contributed by atoms with Crippen molar-refractivity contribution in [3.05, 3.63) is 18.3 Å². The maximum Gasteiger partial charge on any atom is 0.237 e. The Morgan fingerprint density at radius 1 is 0.952 bits per heavy atom. The Labute approximate surface area is 129 Å². The Morgan fingerprint density at radius 3 is 2.10 bits per heavy atom. The van der Waals surface area contributed by atoms with Crippen LogP contribution in [0.2, 0.25) is 0 Å². The van der Waals surface area contributed by atoms with E-state index in [1.54, 1.807) is 13.3 Å². The number of ether oxygens (including phenoxy) is 1. The van der Waals surface area contributed by atoms with Crippen molar-refractivity contribution >= 4 is 5.69 Å². The third kappa shape index (κ3) is 5.94. The van der Waals surface area contributed by atoms with E-state index in [1.165, 1.54) is 70.6 Å². The quantitative estimate of drug-likeness (QED) is 0.833. The number of methoxy groups -OCH3 is 1. The predicted octanol–water partition coefficient (Wildman–Crippen LogP) is 5.18. The molecule has 1 aromatic rings. The Hall–Kier alpha value is -1.25. The van der Waals surface area contributed by atoms with Gasteiger partial charge >= 0.3 is 0 Å². The lowest BCUT2D eigenvalue weighted by Gasteiger charge is -2.21. The van der Waals surface area contributed by atoms with Gasteiger partial charge in [0.2, 0.25) is 5.88 Å². The molecule has 0 saturated heterocycles. The Balaban J connectivity index is 1.90. The van der Waals surface area contributed by atoms with E-state index < -0.39 is 0 Å². The topological polar surface area (TPSA) is 34.1 Å². The maximum absolute atomic E-state index is 5.35. The molecule has 2 rings (SSSR count). The summed E-state index contributed by atoms with van der Waals surface area (Å²) in [6.07, 6.45) is 16.8. The van der Waals surface area contributed by atoms with Gasteiger partial charge in [-0.05, 0) is 25.0 Å². The van der Waals surface area contributed by atoms with Gasteiger partial charge in [-0.2, -0.15) is 0 Å². The molecule has 0 amide bonds. The first-order valence-electron chi connectivity index (χ1n) is 8.65. The molecule has 3 heteroatoms. The Kier molecular flexibility index (Phi) is 7.41. The van der Waals surface area contributed by atoms with Crippen LogP contribution in [-0.4, -0.2) is 18.1 Å². The summed E-state index contributed by atoms with van der Waals surface area (Å²) in [4.78, 5) is 4.28. The molecule has 1 aliphatic carbocycles. The first-order valence-corrected chi connectivity index (χ1v) is 8.65. The van der Waals surface area contributed by atoms with Crippen LogP contribution >= 0.6 is 0 Å². The molecule has 21 heavy (non-hydrogen) atoms. The van der Waals surface area contributed by atoms with Crippen LogP contribution in [0, 0.1) is 0 Å². The van der Waals surface area contributed by atoms with Crippen LogP contribution in [0.25, 0.3) is 0 Å². The number of hydrogen-bond donors (Lipinski definition) is 1. The van der Waals surface area contributed by atoms with Crippen LogP contribution in [-0.2, 0) is 0 Å². The van der Waals surface area contributed by atoms with Gasteiger partial charge in [-0.25, -0.2) is 4.98 Å². The fourth-order valence-corrected chi connectivity index (χ4v) is 3.19. The summed E-state index contributed by atoms with van der Waals surface area (Å²) in [6.45, 7) is 0. The van der Waals surface area contributed by atoms with E-state index in [2.05, 4.69) is 16.4 Å². The number of aromatic nitrogens is 1. The molecule has 0 bridgehead atoms. The summed E-state index contributed by atoms with van der Waals surface area (Å²) in [5, 5.41) is 3.66. The molecule has 118 valence electrons. The molecule has 1 saturated carbocycles. The van der Waals surface area contributed by atoms with Gasteiger partial charge in [-0.3, -0.25) is 0 Å². The van der Waals surface area contributed by atoms with Gasteiger partial charge in [-0.1, -0.05) is 57.8 Å². The van der Waals surface area contributed by atoms with E-state index in [4.69, 9.17) is 4.74 Å². The fourth-order valence-electron chi connectivity index (χ4n) is 3.19. The van der Waals surface area contributed by atoms with Crippen molar-refractivity contribution in [1.29, 1.82) is 0 Å². The summed E-state index contributed by atoms with van der Waals surface area (Å²) in [7, 11) is 1.69. The zero-order valence-electron chi connectivity index (χ0n) is 13.4. The fraction of sp³-hybridized carbons (Fsp3) is 0.722. The Morgan fingerprint density at radius 2 is 1.52 bits per heavy atom. The molecule has 0 aromatic carbocycles. The summed E-state index contributed by atoms with van der Waals surface area (Å²) >= 11 is 0. The molecule has 0 aliphatic heterocycles. The number of pyridine rings is 1. The van der Waals surface area contributed by atoms with Crippen molar-refractivity contribution in [2.45, 2.75) is 76.7 Å². The van der Waals surface area contributed by atoms with Crippen LogP contribution in [0.5, 0.6) is 5.88 Å². The normalized spacial score (nSPS) is 19.3. The van der Waals surface area contributed by atoms with Crippen LogP contribution in [0.4, 0.5) is 5.69 Å². The van der Waals surface area contributed by atoms with Crippen LogP contribution in [0.1, 0.15) is 70.6 Å². The summed E-state index contributed by atoms with van der Waals surface area (Å²) in [5.41, 5.74) is 1.04. The first kappa shape index (κ1) is 16.1. The SMILES string of the molecule is COc1ncccc1NC1CCCCCCCCCCC1. The van der Waals surface area contributed by atoms with E-state index in [0.717, 1.165) is 5.69 Å². The van der Waals surface area contributed by atoms with Gasteiger partial charge in [-0.15, -0.1) is 0 Å². The molecule has 1 heterocycles. The smallest absolute Gasteiger partial charge is 0.237 e. The highest BCUT2D eigenvalue weighted by Gasteiger charge is 2.12. The van der Waals surface area contributed by atoms with E-state index in [-0.39, 0.29) is 0 Å². The second-order valence-corrected chi connectivity index (χ2v) is 6.16. The molecule has 1 fully saturated rings. The minimum absolute atomic E-state index is 0.558. The lowest BCUT2D eigenvalue weighted by Crippen LogP contribution is -2.20. The average molecular weight is 290 g/mol. The molecule has 0 unspecified atom stereocenters. The van der Waals surface area contributed by atoms with Crippen molar-refractivity contribution < 1.29 is 4.74 Å². The average Bonchev–Trinajstić information content (AvgIpc) is 2.50. The molecule has 0 spiro atoms. The first-order chi connectivity index (χ1) is 10.4. The van der Waals surface area contributed by atoms with E-state index in [1.807, 2.05) is 6.07 Å². The van der Waals surface area contributed by atoms with Gasteiger partial charge in [0, 0.05) is 12.2 Å². The lowest BCUT2D eigenvalue weighted by molar-refractivity contribution is 0.398. The van der Waals surface area contributed by atoms with Gasteiger partial charge in [0.05, 0.1) is 12.8 Å². The largest absolute Gasteiger partial charge is 0.480 e. The van der Waals surface area contributed by atoms with Gasteiger partial charge < -0.3 is 10.1 Å². The third-order valence-electron chi connectivity index (χ3n) is 4.43. The van der Waals surface area contributed by atoms with Crippen molar-refractivity contribution in [2.75, 3.05) is 12.4 Å². The highest BCUT2D eigenvalue weighted by molar-refractivity contribution is 5.52. The monoisotopic (exact) mass is 290 g/mol. The summed E-state index contributed by atoms with van der Waals surface area (Å²) in [5.74, 6) is 0.712. The van der Waals surface area contributed by atoms with Crippen molar-refractivity contribution in [1.82, 2.24) is 4.98 Å². The zero-order valence-corrected chi connectivity index (χ0v) is 13.4. The van der Waals surface area contributed by atoms with Gasteiger partial charge in [0.25, 0.3) is 0 Å². The van der Waals surface area contributed by atoms with Gasteiger partial charge in [0.15, 0.2) is 0 Å². The number of nitrogens with zero attached hydrogens (tertiary/aromatic N) is 1. The zero-order chi connectivity index (χ0) is 14.8. The summed E-state index contributed by atoms with van der Waals surface area (Å²) < 4.78 is 5.35. The minimum atomic E-state index is 0.558. The summed E-state index contributed by atoms with van der Waals surface area (Å²) in [6, 6.07) is 4.60. The Bertz CT molecular complexity index is 383. The van der Waals surface area contributed by atoms with Crippen LogP contribution in [0.15, 0.2) is 18.3 Å². The van der Waals surface area contributed by atoms with E-state index >= 15 is 0 Å². The van der Waals surface area contributed by atoms with Crippen LogP contribution < -0.4 is 10.1 Å². The van der Waals surface area contributed by atoms with E-state index in [9.17, 15) is 0 Å².